The van der Waals surface area contributed by atoms with Crippen LogP contribution in [0.5, 0.6) is 0 Å². The van der Waals surface area contributed by atoms with Crippen molar-refractivity contribution in [1.29, 1.82) is 0 Å². The van der Waals surface area contributed by atoms with E-state index in [9.17, 15) is 14.7 Å². The Bertz CT molecular complexity index is 1120. The van der Waals surface area contributed by atoms with Crippen LogP contribution in [0.1, 0.15) is 56.1 Å². The molecule has 3 aromatic rings. The number of hydrogen-bond donors (Lipinski definition) is 2. The fourth-order valence-corrected chi connectivity index (χ4v) is 4.39. The largest absolute Gasteiger partial charge is 0.480 e. The predicted octanol–water partition coefficient (Wildman–Crippen LogP) is 6.26. The Balaban J connectivity index is 1.89. The monoisotopic (exact) mass is 465 g/mol. The van der Waals surface area contributed by atoms with E-state index in [0.717, 1.165) is 46.8 Å². The lowest BCUT2D eigenvalue weighted by atomic mass is 10.2. The van der Waals surface area contributed by atoms with Gasteiger partial charge in [0.2, 0.25) is 0 Å². The van der Waals surface area contributed by atoms with Gasteiger partial charge in [-0.3, -0.25) is 9.59 Å². The highest BCUT2D eigenvalue weighted by molar-refractivity contribution is 8.01. The molecule has 0 fully saturated rings. The second-order valence-corrected chi connectivity index (χ2v) is 10.2. The highest BCUT2D eigenvalue weighted by Crippen LogP contribution is 2.34. The molecule has 0 saturated carbocycles. The maximum Gasteiger partial charge on any atom is 0.319 e. The van der Waals surface area contributed by atoms with Gasteiger partial charge < -0.3 is 15.0 Å². The van der Waals surface area contributed by atoms with Crippen LogP contribution in [0, 0.1) is 6.92 Å². The summed E-state index contributed by atoms with van der Waals surface area (Å²) < 4.78 is 1.06. The molecule has 33 heavy (non-hydrogen) atoms. The number of nitrogens with zero attached hydrogens (tertiary/aromatic N) is 2. The second-order valence-electron chi connectivity index (χ2n) is 8.54. The van der Waals surface area contributed by atoms with Crippen LogP contribution in [0.3, 0.4) is 0 Å². The Morgan fingerprint density at radius 3 is 2.42 bits per heavy atom. The minimum absolute atomic E-state index is 0.185. The quantitative estimate of drug-likeness (QED) is 0.273. The molecular formula is C26H31N3O3S. The highest BCUT2D eigenvalue weighted by Gasteiger charge is 2.28. The van der Waals surface area contributed by atoms with Crippen LogP contribution in [0.15, 0.2) is 59.6 Å². The van der Waals surface area contributed by atoms with Crippen molar-refractivity contribution in [3.63, 3.8) is 0 Å². The molecule has 0 aliphatic rings. The topological polar surface area (TPSA) is 84.2 Å². The average molecular weight is 466 g/mol. The van der Waals surface area contributed by atoms with Crippen molar-refractivity contribution in [2.75, 3.05) is 5.32 Å². The molecule has 0 radical (unpaired) electrons. The number of aliphatic carboxylic acids is 1. The van der Waals surface area contributed by atoms with E-state index in [2.05, 4.69) is 17.2 Å². The number of para-hydroxylation sites is 1. The van der Waals surface area contributed by atoms with E-state index < -0.39 is 10.7 Å². The van der Waals surface area contributed by atoms with E-state index in [1.807, 2.05) is 60.0 Å². The third-order valence-corrected chi connectivity index (χ3v) is 6.66. The fraction of sp³-hybridized carbons (Fsp3) is 0.346. The second kappa shape index (κ2) is 10.7. The van der Waals surface area contributed by atoms with Gasteiger partial charge in [-0.25, -0.2) is 4.98 Å². The smallest absolute Gasteiger partial charge is 0.319 e. The first kappa shape index (κ1) is 24.6. The molecule has 1 aromatic heterocycles. The number of unbranched alkanes of at least 4 members (excludes halogenated alkanes) is 2. The number of anilines is 1. The molecule has 6 nitrogen and oxygen atoms in total. The van der Waals surface area contributed by atoms with Gasteiger partial charge in [0.15, 0.2) is 0 Å². The number of benzene rings is 2. The molecule has 0 spiro atoms. The normalized spacial score (nSPS) is 11.4. The molecule has 0 saturated heterocycles. The van der Waals surface area contributed by atoms with Crippen LogP contribution in [-0.4, -0.2) is 31.3 Å². The fourth-order valence-electron chi connectivity index (χ4n) is 3.44. The van der Waals surface area contributed by atoms with Crippen LogP contribution in [0.2, 0.25) is 0 Å². The number of hydrogen-bond acceptors (Lipinski definition) is 4. The maximum atomic E-state index is 13.1. The van der Waals surface area contributed by atoms with Crippen LogP contribution >= 0.6 is 11.8 Å². The Kier molecular flexibility index (Phi) is 7.97. The number of rotatable bonds is 10. The van der Waals surface area contributed by atoms with Crippen LogP contribution in [0.4, 0.5) is 5.69 Å². The standard InChI is InChI=1S/C26H31N3O3S/c1-5-6-9-16-29-22(24(30)28-21-11-8-7-10-18(21)2)17-27-23(29)19-12-14-20(15-13-19)33-26(3,4)25(31)32/h7-8,10-15,17H,5-6,9,16H2,1-4H3,(H,28,30)(H,31,32). The molecule has 2 N–H and O–H groups in total. The molecule has 1 amide bonds. The third kappa shape index (κ3) is 6.05. The van der Waals surface area contributed by atoms with Gasteiger partial charge in [0.05, 0.1) is 6.20 Å². The summed E-state index contributed by atoms with van der Waals surface area (Å²) in [5.74, 6) is -0.308. The molecule has 2 aromatic carbocycles. The van der Waals surface area contributed by atoms with Gasteiger partial charge in [0, 0.05) is 22.7 Å². The van der Waals surface area contributed by atoms with Gasteiger partial charge in [-0.1, -0.05) is 50.1 Å². The van der Waals surface area contributed by atoms with Gasteiger partial charge in [-0.15, -0.1) is 11.8 Å². The third-order valence-electron chi connectivity index (χ3n) is 5.47. The molecule has 7 heteroatoms. The van der Waals surface area contributed by atoms with E-state index in [1.54, 1.807) is 20.0 Å². The first-order valence-electron chi connectivity index (χ1n) is 11.2. The minimum Gasteiger partial charge on any atom is -0.480 e. The van der Waals surface area contributed by atoms with Gasteiger partial charge in [0.25, 0.3) is 5.91 Å². The molecule has 0 aliphatic heterocycles. The summed E-state index contributed by atoms with van der Waals surface area (Å²) in [6.07, 6.45) is 4.73. The number of amides is 1. The molecule has 0 bridgehead atoms. The Morgan fingerprint density at radius 2 is 1.79 bits per heavy atom. The number of aryl methyl sites for hydroxylation is 1. The van der Waals surface area contributed by atoms with Crippen molar-refractivity contribution in [3.8, 4) is 11.4 Å². The maximum absolute atomic E-state index is 13.1. The van der Waals surface area contributed by atoms with Crippen molar-refractivity contribution < 1.29 is 14.7 Å². The Morgan fingerprint density at radius 1 is 1.09 bits per heavy atom. The van der Waals surface area contributed by atoms with E-state index in [1.165, 1.54) is 11.8 Å². The van der Waals surface area contributed by atoms with Crippen molar-refractivity contribution in [2.45, 2.75) is 63.1 Å². The number of carboxylic acid groups (broad SMARTS) is 1. The van der Waals surface area contributed by atoms with Crippen molar-refractivity contribution in [3.05, 3.63) is 66.0 Å². The van der Waals surface area contributed by atoms with Gasteiger partial charge >= 0.3 is 5.97 Å². The zero-order valence-corrected chi connectivity index (χ0v) is 20.4. The number of thioether (sulfide) groups is 1. The first-order chi connectivity index (χ1) is 15.7. The van der Waals surface area contributed by atoms with E-state index in [0.29, 0.717) is 12.2 Å². The first-order valence-corrected chi connectivity index (χ1v) is 12.0. The zero-order chi connectivity index (χ0) is 24.0. The lowest BCUT2D eigenvalue weighted by Gasteiger charge is -2.18. The van der Waals surface area contributed by atoms with Crippen LogP contribution in [-0.2, 0) is 11.3 Å². The predicted molar refractivity (Wildman–Crippen MR) is 134 cm³/mol. The summed E-state index contributed by atoms with van der Waals surface area (Å²) in [5.41, 5.74) is 3.20. The number of carbonyl (C=O) groups excluding carboxylic acids is 1. The van der Waals surface area contributed by atoms with E-state index in [4.69, 9.17) is 0 Å². The van der Waals surface area contributed by atoms with E-state index in [-0.39, 0.29) is 5.91 Å². The average Bonchev–Trinajstić information content (AvgIpc) is 3.20. The molecule has 3 rings (SSSR count). The molecule has 174 valence electrons. The van der Waals surface area contributed by atoms with Crippen molar-refractivity contribution in [2.24, 2.45) is 0 Å². The molecule has 0 atom stereocenters. The SMILES string of the molecule is CCCCCn1c(C(=O)Nc2ccccc2C)cnc1-c1ccc(SC(C)(C)C(=O)O)cc1. The summed E-state index contributed by atoms with van der Waals surface area (Å²) in [4.78, 5) is 30.0. The summed E-state index contributed by atoms with van der Waals surface area (Å²) in [6.45, 7) is 8.18. The number of imidazole rings is 1. The summed E-state index contributed by atoms with van der Waals surface area (Å²) in [5, 5.41) is 12.4. The highest BCUT2D eigenvalue weighted by atomic mass is 32.2. The van der Waals surface area contributed by atoms with Crippen LogP contribution in [0.25, 0.3) is 11.4 Å². The van der Waals surface area contributed by atoms with Gasteiger partial charge in [0.1, 0.15) is 16.3 Å². The van der Waals surface area contributed by atoms with Gasteiger partial charge in [-0.2, -0.15) is 0 Å². The molecule has 1 heterocycles. The summed E-state index contributed by atoms with van der Waals surface area (Å²) in [6, 6.07) is 15.4. The lowest BCUT2D eigenvalue weighted by Crippen LogP contribution is -2.26. The zero-order valence-electron chi connectivity index (χ0n) is 19.6. The number of carbonyl (C=O) groups is 2. The summed E-state index contributed by atoms with van der Waals surface area (Å²) in [7, 11) is 0. The minimum atomic E-state index is -0.916. The number of nitrogens with one attached hydrogen (secondary N) is 1. The van der Waals surface area contributed by atoms with Gasteiger partial charge in [-0.05, 0) is 51.0 Å². The Hall–Kier alpha value is -3.06. The van der Waals surface area contributed by atoms with E-state index >= 15 is 0 Å². The lowest BCUT2D eigenvalue weighted by molar-refractivity contribution is -0.138. The molecule has 0 aliphatic carbocycles. The number of aromatic nitrogens is 2. The Labute approximate surface area is 199 Å². The summed E-state index contributed by atoms with van der Waals surface area (Å²) >= 11 is 1.30. The van der Waals surface area contributed by atoms with Crippen molar-refractivity contribution in [1.82, 2.24) is 9.55 Å². The van der Waals surface area contributed by atoms with Crippen molar-refractivity contribution >= 4 is 29.3 Å². The molecular weight excluding hydrogens is 434 g/mol. The number of carboxylic acids is 1. The van der Waals surface area contributed by atoms with Crippen LogP contribution < -0.4 is 5.32 Å². The molecule has 0 unspecified atom stereocenters.